The van der Waals surface area contributed by atoms with Crippen LogP contribution in [0.15, 0.2) is 24.3 Å². The second-order valence-corrected chi connectivity index (χ2v) is 3.82. The fourth-order valence-electron chi connectivity index (χ4n) is 1.93. The van der Waals surface area contributed by atoms with E-state index in [0.29, 0.717) is 22.8 Å². The maximum absolute atomic E-state index is 10.9. The summed E-state index contributed by atoms with van der Waals surface area (Å²) in [6.45, 7) is 1.83. The maximum Gasteiger partial charge on any atom is 0.335 e. The van der Waals surface area contributed by atoms with Gasteiger partial charge in [-0.05, 0) is 35.4 Å². The van der Waals surface area contributed by atoms with Crippen LogP contribution in [0.2, 0.25) is 0 Å². The Morgan fingerprint density at radius 1 is 1.24 bits per heavy atom. The highest BCUT2D eigenvalue weighted by molar-refractivity contribution is 5.97. The van der Waals surface area contributed by atoms with Crippen molar-refractivity contribution >= 4 is 16.7 Å². The summed E-state index contributed by atoms with van der Waals surface area (Å²) in [4.78, 5) is 10.9. The summed E-state index contributed by atoms with van der Waals surface area (Å²) < 4.78 is 0. The number of carbonyl (C=O) groups is 1. The zero-order valence-corrected chi connectivity index (χ0v) is 9.27. The molecule has 0 bridgehead atoms. The Labute approximate surface area is 97.8 Å². The summed E-state index contributed by atoms with van der Waals surface area (Å²) in [5, 5.41) is 29.6. The first-order chi connectivity index (χ1) is 8.04. The van der Waals surface area contributed by atoms with Gasteiger partial charge >= 0.3 is 5.97 Å². The number of aryl methyl sites for hydroxylation is 1. The van der Waals surface area contributed by atoms with Gasteiger partial charge in [-0.3, -0.25) is 0 Å². The minimum absolute atomic E-state index is 0.164. The van der Waals surface area contributed by atoms with Crippen LogP contribution in [-0.4, -0.2) is 21.3 Å². The zero-order chi connectivity index (χ0) is 12.6. The standard InChI is InChI=1S/C13H12O4/c1-2-9-10-5-8(13(16)17)4-3-7(10)6-11(14)12(9)15/h3-6,14-15H,2H2,1H3,(H,16,17). The highest BCUT2D eigenvalue weighted by Crippen LogP contribution is 2.36. The molecule has 0 fully saturated rings. The van der Waals surface area contributed by atoms with E-state index in [4.69, 9.17) is 5.11 Å². The number of fused-ring (bicyclic) bond motifs is 1. The van der Waals surface area contributed by atoms with Crippen molar-refractivity contribution in [2.24, 2.45) is 0 Å². The van der Waals surface area contributed by atoms with Crippen LogP contribution < -0.4 is 0 Å². The average Bonchev–Trinajstić information content (AvgIpc) is 2.30. The van der Waals surface area contributed by atoms with Gasteiger partial charge in [-0.2, -0.15) is 0 Å². The van der Waals surface area contributed by atoms with Gasteiger partial charge in [0.2, 0.25) is 0 Å². The van der Waals surface area contributed by atoms with Crippen LogP contribution in [-0.2, 0) is 6.42 Å². The summed E-state index contributed by atoms with van der Waals surface area (Å²) in [5.41, 5.74) is 0.723. The van der Waals surface area contributed by atoms with Crippen LogP contribution in [0.3, 0.4) is 0 Å². The van der Waals surface area contributed by atoms with Gasteiger partial charge in [0, 0.05) is 5.56 Å². The van der Waals surface area contributed by atoms with Crippen LogP contribution in [0.25, 0.3) is 10.8 Å². The van der Waals surface area contributed by atoms with E-state index >= 15 is 0 Å². The van der Waals surface area contributed by atoms with E-state index in [2.05, 4.69) is 0 Å². The van der Waals surface area contributed by atoms with Gasteiger partial charge in [-0.1, -0.05) is 13.0 Å². The Morgan fingerprint density at radius 3 is 2.53 bits per heavy atom. The van der Waals surface area contributed by atoms with Gasteiger partial charge < -0.3 is 15.3 Å². The smallest absolute Gasteiger partial charge is 0.335 e. The maximum atomic E-state index is 10.9. The third kappa shape index (κ3) is 1.78. The SMILES string of the molecule is CCc1c(O)c(O)cc2ccc(C(=O)O)cc12. The zero-order valence-electron chi connectivity index (χ0n) is 9.27. The third-order valence-electron chi connectivity index (χ3n) is 2.80. The number of hydrogen-bond acceptors (Lipinski definition) is 3. The molecule has 0 saturated heterocycles. The van der Waals surface area contributed by atoms with Crippen molar-refractivity contribution in [3.05, 3.63) is 35.4 Å². The minimum atomic E-state index is -1.01. The molecule has 0 spiro atoms. The van der Waals surface area contributed by atoms with Crippen LogP contribution in [0.5, 0.6) is 11.5 Å². The lowest BCUT2D eigenvalue weighted by Crippen LogP contribution is -1.96. The van der Waals surface area contributed by atoms with Crippen molar-refractivity contribution in [2.75, 3.05) is 0 Å². The summed E-state index contributed by atoms with van der Waals surface area (Å²) in [7, 11) is 0. The molecular weight excluding hydrogens is 220 g/mol. The van der Waals surface area contributed by atoms with Crippen molar-refractivity contribution in [1.82, 2.24) is 0 Å². The van der Waals surface area contributed by atoms with E-state index in [9.17, 15) is 15.0 Å². The fourth-order valence-corrected chi connectivity index (χ4v) is 1.93. The van der Waals surface area contributed by atoms with E-state index < -0.39 is 5.97 Å². The lowest BCUT2D eigenvalue weighted by molar-refractivity contribution is 0.0697. The van der Waals surface area contributed by atoms with Crippen molar-refractivity contribution < 1.29 is 20.1 Å². The molecule has 0 saturated carbocycles. The summed E-state index contributed by atoms with van der Waals surface area (Å²) in [6, 6.07) is 6.03. The molecule has 88 valence electrons. The topological polar surface area (TPSA) is 77.8 Å². The van der Waals surface area contributed by atoms with Crippen LogP contribution in [0.1, 0.15) is 22.8 Å². The lowest BCUT2D eigenvalue weighted by Gasteiger charge is -2.09. The number of rotatable bonds is 2. The first-order valence-electron chi connectivity index (χ1n) is 5.25. The number of hydrogen-bond donors (Lipinski definition) is 3. The second kappa shape index (κ2) is 3.97. The van der Waals surface area contributed by atoms with Gasteiger partial charge in [0.15, 0.2) is 11.5 Å². The highest BCUT2D eigenvalue weighted by atomic mass is 16.4. The lowest BCUT2D eigenvalue weighted by atomic mass is 9.99. The normalized spacial score (nSPS) is 10.6. The van der Waals surface area contributed by atoms with E-state index in [-0.39, 0.29) is 17.1 Å². The molecular formula is C13H12O4. The molecule has 2 aromatic rings. The number of phenols is 2. The molecule has 2 rings (SSSR count). The van der Waals surface area contributed by atoms with E-state index in [1.165, 1.54) is 18.2 Å². The Balaban J connectivity index is 2.83. The highest BCUT2D eigenvalue weighted by Gasteiger charge is 2.12. The fraction of sp³-hybridized carbons (Fsp3) is 0.154. The molecule has 0 aromatic heterocycles. The number of carboxylic acid groups (broad SMARTS) is 1. The van der Waals surface area contributed by atoms with Crippen LogP contribution in [0, 0.1) is 0 Å². The molecule has 0 aliphatic carbocycles. The van der Waals surface area contributed by atoms with Gasteiger partial charge in [-0.15, -0.1) is 0 Å². The van der Waals surface area contributed by atoms with E-state index in [1.54, 1.807) is 6.07 Å². The molecule has 0 aliphatic heterocycles. The Kier molecular flexibility index (Phi) is 2.63. The van der Waals surface area contributed by atoms with Gasteiger partial charge in [0.1, 0.15) is 0 Å². The van der Waals surface area contributed by atoms with Crippen molar-refractivity contribution in [3.8, 4) is 11.5 Å². The molecule has 0 aliphatic rings. The predicted molar refractivity (Wildman–Crippen MR) is 63.6 cm³/mol. The van der Waals surface area contributed by atoms with E-state index in [1.807, 2.05) is 6.92 Å². The number of aromatic carboxylic acids is 1. The first kappa shape index (κ1) is 11.3. The molecule has 4 nitrogen and oxygen atoms in total. The monoisotopic (exact) mass is 232 g/mol. The van der Waals surface area contributed by atoms with E-state index in [0.717, 1.165) is 0 Å². The molecule has 0 heterocycles. The molecule has 4 heteroatoms. The summed E-state index contributed by atoms with van der Waals surface area (Å²) in [5.74, 6) is -1.37. The van der Waals surface area contributed by atoms with Crippen LogP contribution in [0.4, 0.5) is 0 Å². The molecule has 17 heavy (non-hydrogen) atoms. The largest absolute Gasteiger partial charge is 0.504 e. The Bertz CT molecular complexity index is 602. The summed E-state index contributed by atoms with van der Waals surface area (Å²) in [6.07, 6.45) is 0.514. The molecule has 2 aromatic carbocycles. The van der Waals surface area contributed by atoms with Gasteiger partial charge in [0.05, 0.1) is 5.56 Å². The van der Waals surface area contributed by atoms with Crippen molar-refractivity contribution in [2.45, 2.75) is 13.3 Å². The average molecular weight is 232 g/mol. The Morgan fingerprint density at radius 2 is 1.94 bits per heavy atom. The predicted octanol–water partition coefficient (Wildman–Crippen LogP) is 2.51. The molecule has 0 unspecified atom stereocenters. The molecule has 0 atom stereocenters. The number of carboxylic acids is 1. The van der Waals surface area contributed by atoms with Crippen molar-refractivity contribution in [3.63, 3.8) is 0 Å². The summed E-state index contributed by atoms with van der Waals surface area (Å²) >= 11 is 0. The third-order valence-corrected chi connectivity index (χ3v) is 2.80. The number of benzene rings is 2. The van der Waals surface area contributed by atoms with Crippen molar-refractivity contribution in [1.29, 1.82) is 0 Å². The van der Waals surface area contributed by atoms with Crippen LogP contribution >= 0.6 is 0 Å². The first-order valence-corrected chi connectivity index (χ1v) is 5.25. The molecule has 3 N–H and O–H groups in total. The van der Waals surface area contributed by atoms with Gasteiger partial charge in [0.25, 0.3) is 0 Å². The molecule has 0 radical (unpaired) electrons. The quantitative estimate of drug-likeness (QED) is 0.695. The van der Waals surface area contributed by atoms with Gasteiger partial charge in [-0.25, -0.2) is 4.79 Å². The number of aromatic hydroxyl groups is 2. The second-order valence-electron chi connectivity index (χ2n) is 3.82. The minimum Gasteiger partial charge on any atom is -0.504 e. The number of phenolic OH excluding ortho intramolecular Hbond substituents is 2. The Hall–Kier alpha value is -2.23. The molecule has 0 amide bonds.